The van der Waals surface area contributed by atoms with Gasteiger partial charge >= 0.3 is 0 Å². The minimum atomic E-state index is -0.0790. The lowest BCUT2D eigenvalue weighted by Gasteiger charge is -2.04. The van der Waals surface area contributed by atoms with Gasteiger partial charge in [0, 0.05) is 29.7 Å². The highest BCUT2D eigenvalue weighted by molar-refractivity contribution is 7.99. The molecule has 16 heavy (non-hydrogen) atoms. The highest BCUT2D eigenvalue weighted by Crippen LogP contribution is 2.26. The normalized spacial score (nSPS) is 10.0. The van der Waals surface area contributed by atoms with E-state index in [4.69, 9.17) is 11.1 Å². The Labute approximate surface area is 96.7 Å². The number of rotatable bonds is 3. The number of nitrogens with two attached hydrogens (primary N) is 1. The van der Waals surface area contributed by atoms with Gasteiger partial charge < -0.3 is 5.73 Å². The first-order chi connectivity index (χ1) is 7.77. The van der Waals surface area contributed by atoms with Crippen LogP contribution < -0.4 is 5.73 Å². The van der Waals surface area contributed by atoms with E-state index in [2.05, 4.69) is 15.0 Å². The predicted octanol–water partition coefficient (Wildman–Crippen LogP) is 1.31. The molecule has 0 unspecified atom stereocenters. The summed E-state index contributed by atoms with van der Waals surface area (Å²) in [6, 6.07) is 3.73. The summed E-state index contributed by atoms with van der Waals surface area (Å²) in [5.41, 5.74) is 5.83. The van der Waals surface area contributed by atoms with Crippen molar-refractivity contribution in [3.63, 3.8) is 0 Å². The van der Waals surface area contributed by atoms with Gasteiger partial charge in [-0.1, -0.05) is 11.8 Å². The highest BCUT2D eigenvalue weighted by atomic mass is 32.2. The van der Waals surface area contributed by atoms with Crippen LogP contribution in [0.4, 0.5) is 0 Å². The summed E-state index contributed by atoms with van der Waals surface area (Å²) in [4.78, 5) is 13.1. The van der Waals surface area contributed by atoms with Crippen LogP contribution in [-0.4, -0.2) is 20.8 Å². The third-order valence-corrected chi connectivity index (χ3v) is 2.78. The second kappa shape index (κ2) is 4.71. The SMILES string of the molecule is N=C(N)c1nccnc1Sc1ccncc1. The molecule has 0 saturated heterocycles. The molecule has 0 aliphatic rings. The van der Waals surface area contributed by atoms with Gasteiger partial charge in [0.25, 0.3) is 0 Å². The second-order valence-electron chi connectivity index (χ2n) is 2.91. The van der Waals surface area contributed by atoms with Crippen LogP contribution in [0.5, 0.6) is 0 Å². The van der Waals surface area contributed by atoms with Crippen LogP contribution in [-0.2, 0) is 0 Å². The van der Waals surface area contributed by atoms with Crippen LogP contribution >= 0.6 is 11.8 Å². The molecule has 0 bridgehead atoms. The fourth-order valence-corrected chi connectivity index (χ4v) is 1.96. The van der Waals surface area contributed by atoms with E-state index in [-0.39, 0.29) is 5.84 Å². The average molecular weight is 231 g/mol. The first-order valence-electron chi connectivity index (χ1n) is 4.50. The Bertz CT molecular complexity index is 500. The number of hydrogen-bond acceptors (Lipinski definition) is 5. The molecule has 0 aliphatic heterocycles. The number of pyridine rings is 1. The van der Waals surface area contributed by atoms with Gasteiger partial charge in [-0.25, -0.2) is 9.97 Å². The number of nitrogen functional groups attached to an aromatic ring is 1. The summed E-state index contributed by atoms with van der Waals surface area (Å²) in [7, 11) is 0. The summed E-state index contributed by atoms with van der Waals surface area (Å²) < 4.78 is 0. The van der Waals surface area contributed by atoms with Crippen molar-refractivity contribution in [1.29, 1.82) is 5.41 Å². The van der Waals surface area contributed by atoms with Gasteiger partial charge in [0.05, 0.1) is 0 Å². The third kappa shape index (κ3) is 2.34. The van der Waals surface area contributed by atoms with Gasteiger partial charge in [0.1, 0.15) is 16.6 Å². The van der Waals surface area contributed by atoms with E-state index in [0.717, 1.165) is 4.90 Å². The Kier molecular flexibility index (Phi) is 3.11. The number of hydrogen-bond donors (Lipinski definition) is 2. The van der Waals surface area contributed by atoms with E-state index >= 15 is 0 Å². The van der Waals surface area contributed by atoms with Crippen LogP contribution in [0.15, 0.2) is 46.8 Å². The topological polar surface area (TPSA) is 88.5 Å². The summed E-state index contributed by atoms with van der Waals surface area (Å²) in [6.07, 6.45) is 6.50. The van der Waals surface area contributed by atoms with E-state index in [9.17, 15) is 0 Å². The smallest absolute Gasteiger partial charge is 0.144 e. The fourth-order valence-electron chi connectivity index (χ4n) is 1.10. The van der Waals surface area contributed by atoms with E-state index in [0.29, 0.717) is 10.7 Å². The summed E-state index contributed by atoms with van der Waals surface area (Å²) in [6.45, 7) is 0. The number of nitrogens with zero attached hydrogens (tertiary/aromatic N) is 3. The third-order valence-electron chi connectivity index (χ3n) is 1.78. The van der Waals surface area contributed by atoms with Gasteiger partial charge in [0.2, 0.25) is 0 Å². The molecule has 2 heterocycles. The zero-order chi connectivity index (χ0) is 11.4. The number of nitrogens with one attached hydrogen (secondary N) is 1. The molecule has 2 aromatic rings. The molecule has 80 valence electrons. The molecule has 0 saturated carbocycles. The minimum Gasteiger partial charge on any atom is -0.382 e. The average Bonchev–Trinajstić information content (AvgIpc) is 2.31. The van der Waals surface area contributed by atoms with Crippen molar-refractivity contribution in [3.8, 4) is 0 Å². The summed E-state index contributed by atoms with van der Waals surface area (Å²) >= 11 is 1.41. The van der Waals surface area contributed by atoms with Gasteiger partial charge in [-0.05, 0) is 12.1 Å². The Morgan fingerprint density at radius 3 is 2.50 bits per heavy atom. The van der Waals surface area contributed by atoms with Crippen molar-refractivity contribution < 1.29 is 0 Å². The molecule has 6 heteroatoms. The molecular formula is C10H9N5S. The van der Waals surface area contributed by atoms with Crippen LogP contribution in [0.3, 0.4) is 0 Å². The van der Waals surface area contributed by atoms with E-state index < -0.39 is 0 Å². The molecule has 2 aromatic heterocycles. The summed E-state index contributed by atoms with van der Waals surface area (Å²) in [5, 5.41) is 8.02. The standard InChI is InChI=1S/C10H9N5S/c11-9(12)8-10(15-6-5-14-8)16-7-1-3-13-4-2-7/h1-6H,(H3,11,12). The van der Waals surface area contributed by atoms with Crippen LogP contribution in [0, 0.1) is 5.41 Å². The molecule has 0 atom stereocenters. The van der Waals surface area contributed by atoms with Gasteiger partial charge in [0.15, 0.2) is 0 Å². The van der Waals surface area contributed by atoms with Gasteiger partial charge in [-0.2, -0.15) is 0 Å². The van der Waals surface area contributed by atoms with Crippen molar-refractivity contribution in [3.05, 3.63) is 42.6 Å². The van der Waals surface area contributed by atoms with Crippen molar-refractivity contribution in [1.82, 2.24) is 15.0 Å². The lowest BCUT2D eigenvalue weighted by Crippen LogP contribution is -2.14. The Balaban J connectivity index is 2.31. The highest BCUT2D eigenvalue weighted by Gasteiger charge is 2.09. The zero-order valence-electron chi connectivity index (χ0n) is 8.29. The maximum absolute atomic E-state index is 7.39. The molecule has 0 fully saturated rings. The second-order valence-corrected chi connectivity index (χ2v) is 3.97. The van der Waals surface area contributed by atoms with Gasteiger partial charge in [-0.15, -0.1) is 0 Å². The zero-order valence-corrected chi connectivity index (χ0v) is 9.11. The molecular weight excluding hydrogens is 222 g/mol. The van der Waals surface area contributed by atoms with E-state index in [1.54, 1.807) is 18.6 Å². The van der Waals surface area contributed by atoms with E-state index in [1.807, 2.05) is 12.1 Å². The molecule has 5 nitrogen and oxygen atoms in total. The van der Waals surface area contributed by atoms with Crippen molar-refractivity contribution in [2.75, 3.05) is 0 Å². The van der Waals surface area contributed by atoms with Crippen LogP contribution in [0.2, 0.25) is 0 Å². The Morgan fingerprint density at radius 2 is 1.81 bits per heavy atom. The molecule has 3 N–H and O–H groups in total. The molecule has 0 aliphatic carbocycles. The Hall–Kier alpha value is -1.95. The lowest BCUT2D eigenvalue weighted by molar-refractivity contribution is 1.03. The quantitative estimate of drug-likeness (QED) is 0.614. The maximum atomic E-state index is 7.39. The van der Waals surface area contributed by atoms with Crippen LogP contribution in [0.25, 0.3) is 0 Å². The first kappa shape index (κ1) is 10.6. The summed E-state index contributed by atoms with van der Waals surface area (Å²) in [5.74, 6) is -0.0790. The predicted molar refractivity (Wildman–Crippen MR) is 61.4 cm³/mol. The molecule has 0 amide bonds. The minimum absolute atomic E-state index is 0.0790. The molecule has 0 aromatic carbocycles. The Morgan fingerprint density at radius 1 is 1.12 bits per heavy atom. The van der Waals surface area contributed by atoms with Gasteiger partial charge in [-0.3, -0.25) is 10.4 Å². The maximum Gasteiger partial charge on any atom is 0.144 e. The van der Waals surface area contributed by atoms with Crippen molar-refractivity contribution >= 4 is 17.6 Å². The molecule has 2 rings (SSSR count). The fraction of sp³-hybridized carbons (Fsp3) is 0. The van der Waals surface area contributed by atoms with Crippen LogP contribution in [0.1, 0.15) is 5.69 Å². The molecule has 0 radical (unpaired) electrons. The van der Waals surface area contributed by atoms with E-state index in [1.165, 1.54) is 18.0 Å². The monoisotopic (exact) mass is 231 g/mol. The van der Waals surface area contributed by atoms with Crippen molar-refractivity contribution in [2.45, 2.75) is 9.92 Å². The first-order valence-corrected chi connectivity index (χ1v) is 5.32. The largest absolute Gasteiger partial charge is 0.382 e. The van der Waals surface area contributed by atoms with Crippen molar-refractivity contribution in [2.24, 2.45) is 5.73 Å². The number of amidine groups is 1. The lowest BCUT2D eigenvalue weighted by atomic mass is 10.4. The number of aromatic nitrogens is 3. The molecule has 0 spiro atoms.